The van der Waals surface area contributed by atoms with Gasteiger partial charge < -0.3 is 9.47 Å². The molecule has 29 heavy (non-hydrogen) atoms. The molecule has 1 aliphatic rings. The number of nitrogens with one attached hydrogen (secondary N) is 1. The number of methoxy groups -OCH3 is 1. The highest BCUT2D eigenvalue weighted by atomic mass is 19.1. The molecule has 0 aromatic heterocycles. The van der Waals surface area contributed by atoms with Crippen molar-refractivity contribution in [1.82, 2.24) is 5.32 Å². The number of imide groups is 2. The summed E-state index contributed by atoms with van der Waals surface area (Å²) in [4.78, 5) is 38.0. The number of carbonyl (C=O) groups excluding carboxylic acids is 3. The van der Waals surface area contributed by atoms with Crippen LogP contribution in [0.25, 0.3) is 6.08 Å². The molecule has 1 N–H and O–H groups in total. The summed E-state index contributed by atoms with van der Waals surface area (Å²) in [5, 5.41) is 2.12. The van der Waals surface area contributed by atoms with Crippen LogP contribution in [-0.4, -0.2) is 31.1 Å². The average molecular weight is 398 g/mol. The first-order valence-electron chi connectivity index (χ1n) is 8.82. The molecule has 1 aliphatic heterocycles. The van der Waals surface area contributed by atoms with E-state index in [0.717, 1.165) is 17.0 Å². The molecule has 2 aromatic carbocycles. The maximum absolute atomic E-state index is 13.2. The zero-order valence-corrected chi connectivity index (χ0v) is 16.1. The van der Waals surface area contributed by atoms with Crippen LogP contribution in [0.1, 0.15) is 19.4 Å². The lowest BCUT2D eigenvalue weighted by Crippen LogP contribution is -2.54. The molecule has 1 fully saturated rings. The van der Waals surface area contributed by atoms with Gasteiger partial charge in [-0.25, -0.2) is 14.1 Å². The van der Waals surface area contributed by atoms with Crippen LogP contribution in [-0.2, 0) is 9.59 Å². The molecule has 0 spiro atoms. The van der Waals surface area contributed by atoms with Crippen LogP contribution >= 0.6 is 0 Å². The minimum absolute atomic E-state index is 0.0610. The third-order valence-corrected chi connectivity index (χ3v) is 4.05. The number of hydrogen-bond acceptors (Lipinski definition) is 5. The Kier molecular flexibility index (Phi) is 5.63. The Morgan fingerprint density at radius 3 is 2.34 bits per heavy atom. The van der Waals surface area contributed by atoms with E-state index in [0.29, 0.717) is 17.1 Å². The van der Waals surface area contributed by atoms with E-state index in [9.17, 15) is 18.8 Å². The Morgan fingerprint density at radius 2 is 1.72 bits per heavy atom. The minimum Gasteiger partial charge on any atom is -0.493 e. The van der Waals surface area contributed by atoms with Crippen LogP contribution in [0.2, 0.25) is 0 Å². The van der Waals surface area contributed by atoms with Gasteiger partial charge in [-0.2, -0.15) is 0 Å². The van der Waals surface area contributed by atoms with Crippen molar-refractivity contribution in [3.05, 3.63) is 59.4 Å². The molecule has 0 unspecified atom stereocenters. The molecule has 4 amide bonds. The molecule has 7 nitrogen and oxygen atoms in total. The Hall–Kier alpha value is -3.68. The van der Waals surface area contributed by atoms with Crippen LogP contribution in [0.4, 0.5) is 14.9 Å². The van der Waals surface area contributed by atoms with E-state index in [2.05, 4.69) is 5.32 Å². The van der Waals surface area contributed by atoms with Crippen molar-refractivity contribution < 1.29 is 28.2 Å². The van der Waals surface area contributed by atoms with Gasteiger partial charge in [-0.05, 0) is 61.9 Å². The minimum atomic E-state index is -0.901. The number of benzene rings is 2. The van der Waals surface area contributed by atoms with Gasteiger partial charge in [-0.15, -0.1) is 0 Å². The van der Waals surface area contributed by atoms with Crippen molar-refractivity contribution in [3.63, 3.8) is 0 Å². The van der Waals surface area contributed by atoms with E-state index in [1.807, 2.05) is 13.8 Å². The average Bonchev–Trinajstić information content (AvgIpc) is 2.67. The lowest BCUT2D eigenvalue weighted by molar-refractivity contribution is -0.122. The largest absolute Gasteiger partial charge is 0.493 e. The molecule has 3 rings (SSSR count). The van der Waals surface area contributed by atoms with E-state index >= 15 is 0 Å². The number of amides is 4. The number of nitrogens with zero attached hydrogens (tertiary/aromatic N) is 1. The molecule has 150 valence electrons. The highest BCUT2D eigenvalue weighted by Crippen LogP contribution is 2.30. The summed E-state index contributed by atoms with van der Waals surface area (Å²) in [6, 6.07) is 8.84. The van der Waals surface area contributed by atoms with Crippen LogP contribution in [0, 0.1) is 5.82 Å². The smallest absolute Gasteiger partial charge is 0.335 e. The first-order chi connectivity index (χ1) is 13.8. The molecule has 8 heteroatoms. The third-order valence-electron chi connectivity index (χ3n) is 4.05. The number of halogens is 1. The van der Waals surface area contributed by atoms with E-state index in [4.69, 9.17) is 9.47 Å². The molecule has 0 atom stereocenters. The summed E-state index contributed by atoms with van der Waals surface area (Å²) in [6.07, 6.45) is 1.29. The maximum atomic E-state index is 13.2. The SMILES string of the molecule is COc1cc(/C=C2\C(=O)NC(=O)N(c3ccc(F)cc3)C2=O)ccc1OC(C)C. The van der Waals surface area contributed by atoms with E-state index in [-0.39, 0.29) is 17.4 Å². The summed E-state index contributed by atoms with van der Waals surface area (Å²) in [5.41, 5.74) is 0.406. The van der Waals surface area contributed by atoms with Gasteiger partial charge in [-0.1, -0.05) is 6.07 Å². The summed E-state index contributed by atoms with van der Waals surface area (Å²) in [7, 11) is 1.48. The van der Waals surface area contributed by atoms with Gasteiger partial charge in [0.05, 0.1) is 18.9 Å². The number of anilines is 1. The van der Waals surface area contributed by atoms with Crippen LogP contribution in [0.15, 0.2) is 48.0 Å². The number of hydrogen-bond donors (Lipinski definition) is 1. The van der Waals surface area contributed by atoms with Gasteiger partial charge in [0.15, 0.2) is 11.5 Å². The lowest BCUT2D eigenvalue weighted by atomic mass is 10.1. The first kappa shape index (κ1) is 20.1. The number of urea groups is 1. The first-order valence-corrected chi connectivity index (χ1v) is 8.82. The predicted octanol–water partition coefficient (Wildman–Crippen LogP) is 3.29. The highest BCUT2D eigenvalue weighted by molar-refractivity contribution is 6.39. The van der Waals surface area contributed by atoms with Crippen molar-refractivity contribution >= 4 is 29.6 Å². The second kappa shape index (κ2) is 8.14. The zero-order chi connectivity index (χ0) is 21.1. The zero-order valence-electron chi connectivity index (χ0n) is 16.1. The van der Waals surface area contributed by atoms with Crippen molar-refractivity contribution in [1.29, 1.82) is 0 Å². The molecular formula is C21H19FN2O5. The summed E-state index contributed by atoms with van der Waals surface area (Å²) in [6.45, 7) is 3.75. The van der Waals surface area contributed by atoms with Gasteiger partial charge in [-0.3, -0.25) is 14.9 Å². The Bertz CT molecular complexity index is 999. The Balaban J connectivity index is 1.97. The number of rotatable bonds is 5. The standard InChI is InChI=1S/C21H19FN2O5/c1-12(2)29-17-9-4-13(11-18(17)28-3)10-16-19(25)23-21(27)24(20(16)26)15-7-5-14(22)6-8-15/h4-12H,1-3H3,(H,23,25,27)/b16-10+. The molecule has 0 saturated carbocycles. The van der Waals surface area contributed by atoms with E-state index in [1.165, 1.54) is 25.3 Å². The van der Waals surface area contributed by atoms with Gasteiger partial charge in [0.25, 0.3) is 11.8 Å². The lowest BCUT2D eigenvalue weighted by Gasteiger charge is -2.26. The Labute approximate surface area is 166 Å². The van der Waals surface area contributed by atoms with Crippen molar-refractivity contribution in [3.8, 4) is 11.5 Å². The number of ether oxygens (including phenoxy) is 2. The van der Waals surface area contributed by atoms with Crippen LogP contribution in [0.3, 0.4) is 0 Å². The fourth-order valence-corrected chi connectivity index (χ4v) is 2.77. The summed E-state index contributed by atoms with van der Waals surface area (Å²) < 4.78 is 24.1. The van der Waals surface area contributed by atoms with Crippen molar-refractivity contribution in [2.24, 2.45) is 0 Å². The van der Waals surface area contributed by atoms with Crippen molar-refractivity contribution in [2.45, 2.75) is 20.0 Å². The topological polar surface area (TPSA) is 84.9 Å². The molecular weight excluding hydrogens is 379 g/mol. The number of barbiturate groups is 1. The summed E-state index contributed by atoms with van der Waals surface area (Å²) in [5.74, 6) is -1.19. The molecule has 1 heterocycles. The second-order valence-corrected chi connectivity index (χ2v) is 6.51. The predicted molar refractivity (Wildman–Crippen MR) is 104 cm³/mol. The fourth-order valence-electron chi connectivity index (χ4n) is 2.77. The maximum Gasteiger partial charge on any atom is 0.335 e. The highest BCUT2D eigenvalue weighted by Gasteiger charge is 2.36. The Morgan fingerprint density at radius 1 is 1.03 bits per heavy atom. The third kappa shape index (κ3) is 4.26. The second-order valence-electron chi connectivity index (χ2n) is 6.51. The molecule has 2 aromatic rings. The monoisotopic (exact) mass is 398 g/mol. The van der Waals surface area contributed by atoms with Crippen molar-refractivity contribution in [2.75, 3.05) is 12.0 Å². The quantitative estimate of drug-likeness (QED) is 0.617. The van der Waals surface area contributed by atoms with Gasteiger partial charge >= 0.3 is 6.03 Å². The van der Waals surface area contributed by atoms with Crippen LogP contribution < -0.4 is 19.7 Å². The van der Waals surface area contributed by atoms with Gasteiger partial charge in [0.1, 0.15) is 11.4 Å². The van der Waals surface area contributed by atoms with Gasteiger partial charge in [0.2, 0.25) is 0 Å². The van der Waals surface area contributed by atoms with E-state index < -0.39 is 23.7 Å². The molecule has 0 aliphatic carbocycles. The van der Waals surface area contributed by atoms with E-state index in [1.54, 1.807) is 18.2 Å². The summed E-state index contributed by atoms with van der Waals surface area (Å²) >= 11 is 0. The fraction of sp³-hybridized carbons (Fsp3) is 0.190. The van der Waals surface area contributed by atoms with Gasteiger partial charge in [0, 0.05) is 0 Å². The van der Waals surface area contributed by atoms with Crippen LogP contribution in [0.5, 0.6) is 11.5 Å². The molecule has 0 bridgehead atoms. The molecule has 0 radical (unpaired) electrons. The number of carbonyl (C=O) groups is 3. The normalized spacial score (nSPS) is 15.7. The molecule has 1 saturated heterocycles.